The van der Waals surface area contributed by atoms with Crippen LogP contribution in [0.3, 0.4) is 0 Å². The van der Waals surface area contributed by atoms with E-state index in [1.54, 1.807) is 0 Å². The van der Waals surface area contributed by atoms with Gasteiger partial charge in [0.05, 0.1) is 8.07 Å². The van der Waals surface area contributed by atoms with E-state index < -0.39 is 8.07 Å². The predicted molar refractivity (Wildman–Crippen MR) is 94.3 cm³/mol. The third-order valence-electron chi connectivity index (χ3n) is 3.48. The number of benzene rings is 1. The number of nitrogens with one attached hydrogen (secondary N) is 1. The van der Waals surface area contributed by atoms with E-state index in [9.17, 15) is 4.79 Å². The molecule has 4 nitrogen and oxygen atoms in total. The van der Waals surface area contributed by atoms with Crippen LogP contribution in [0.25, 0.3) is 10.9 Å². The molecule has 1 aromatic carbocycles. The maximum absolute atomic E-state index is 12.2. The van der Waals surface area contributed by atoms with Crippen LogP contribution in [-0.2, 0) is 11.2 Å². The van der Waals surface area contributed by atoms with Crippen molar-refractivity contribution >= 4 is 24.9 Å². The van der Waals surface area contributed by atoms with Crippen LogP contribution in [0.2, 0.25) is 25.7 Å². The van der Waals surface area contributed by atoms with Crippen LogP contribution in [0.15, 0.2) is 24.4 Å². The Bertz CT molecular complexity index is 656. The lowest BCUT2D eigenvalue weighted by Crippen LogP contribution is -2.26. The number of aromatic amines is 1. The molecule has 0 bridgehead atoms. The number of likely N-dealkylation sites (N-methyl/N-ethyl adjacent to an activating group) is 1. The number of hydrogen-bond donors (Lipinski definition) is 1. The second-order valence-electron chi connectivity index (χ2n) is 7.26. The van der Waals surface area contributed by atoms with Crippen molar-refractivity contribution in [2.45, 2.75) is 32.1 Å². The van der Waals surface area contributed by atoms with E-state index in [4.69, 9.17) is 4.74 Å². The third-order valence-corrected chi connectivity index (χ3v) is 4.83. The molecule has 0 aliphatic rings. The molecular formula is C17H26N2O2Si. The quantitative estimate of drug-likeness (QED) is 0.503. The molecule has 0 atom stereocenters. The molecule has 1 heterocycles. The fourth-order valence-corrected chi connectivity index (χ4v) is 3.38. The summed E-state index contributed by atoms with van der Waals surface area (Å²) in [5, 5.41) is 1.04. The maximum Gasteiger partial charge on any atom is 0.308 e. The summed E-state index contributed by atoms with van der Waals surface area (Å²) in [6, 6.07) is 6.37. The summed E-state index contributed by atoms with van der Waals surface area (Å²) in [5.41, 5.74) is 2.21. The van der Waals surface area contributed by atoms with Crippen LogP contribution in [0.5, 0.6) is 5.75 Å². The van der Waals surface area contributed by atoms with Crippen molar-refractivity contribution in [3.63, 3.8) is 0 Å². The van der Waals surface area contributed by atoms with Gasteiger partial charge in [-0.15, -0.1) is 0 Å². The van der Waals surface area contributed by atoms with E-state index in [1.165, 1.54) is 5.56 Å². The van der Waals surface area contributed by atoms with E-state index in [2.05, 4.69) is 43.6 Å². The Morgan fingerprint density at radius 2 is 2.00 bits per heavy atom. The van der Waals surface area contributed by atoms with E-state index in [1.807, 2.05) is 24.4 Å². The van der Waals surface area contributed by atoms with Crippen LogP contribution < -0.4 is 4.74 Å². The standard InChI is InChI=1S/C17H26N2O2Si/c1-19(2)10-9-13-11-18-14-7-6-8-15(17(13)14)21-16(20)12-22(3,4)5/h6-8,11,18H,9-10,12H2,1-5H3. The Kier molecular flexibility index (Phi) is 5.08. The molecule has 1 N–H and O–H groups in total. The smallest absolute Gasteiger partial charge is 0.308 e. The van der Waals surface area contributed by atoms with Crippen molar-refractivity contribution in [3.8, 4) is 5.75 Å². The number of fused-ring (bicyclic) bond motifs is 1. The minimum absolute atomic E-state index is 0.119. The molecule has 5 heteroatoms. The van der Waals surface area contributed by atoms with Gasteiger partial charge in [0.15, 0.2) is 0 Å². The highest BCUT2D eigenvalue weighted by Gasteiger charge is 2.21. The number of rotatable bonds is 6. The molecule has 120 valence electrons. The first-order valence-corrected chi connectivity index (χ1v) is 11.4. The zero-order chi connectivity index (χ0) is 16.3. The predicted octanol–water partition coefficient (Wildman–Crippen LogP) is 3.52. The van der Waals surface area contributed by atoms with E-state index in [-0.39, 0.29) is 5.97 Å². The van der Waals surface area contributed by atoms with Crippen LogP contribution in [0.4, 0.5) is 0 Å². The molecule has 0 fully saturated rings. The molecule has 0 saturated heterocycles. The number of aromatic nitrogens is 1. The topological polar surface area (TPSA) is 45.3 Å². The average Bonchev–Trinajstić information content (AvgIpc) is 2.78. The molecule has 0 aliphatic heterocycles. The van der Waals surface area contributed by atoms with Gasteiger partial charge in [0, 0.05) is 29.7 Å². The lowest BCUT2D eigenvalue weighted by atomic mass is 10.1. The van der Waals surface area contributed by atoms with Crippen LogP contribution in [0.1, 0.15) is 5.56 Å². The summed E-state index contributed by atoms with van der Waals surface area (Å²) >= 11 is 0. The van der Waals surface area contributed by atoms with Gasteiger partial charge in [-0.1, -0.05) is 25.7 Å². The molecule has 2 aromatic rings. The van der Waals surface area contributed by atoms with Gasteiger partial charge in [-0.25, -0.2) is 0 Å². The zero-order valence-electron chi connectivity index (χ0n) is 14.2. The highest BCUT2D eigenvalue weighted by Crippen LogP contribution is 2.30. The molecule has 0 amide bonds. The van der Waals surface area contributed by atoms with Gasteiger partial charge in [-0.2, -0.15) is 0 Å². The first-order chi connectivity index (χ1) is 10.3. The van der Waals surface area contributed by atoms with Gasteiger partial charge in [0.1, 0.15) is 5.75 Å². The summed E-state index contributed by atoms with van der Waals surface area (Å²) in [6.07, 6.45) is 2.94. The van der Waals surface area contributed by atoms with Crippen molar-refractivity contribution in [1.82, 2.24) is 9.88 Å². The molecule has 22 heavy (non-hydrogen) atoms. The number of ether oxygens (including phenoxy) is 1. The summed E-state index contributed by atoms with van der Waals surface area (Å²) in [7, 11) is 2.66. The van der Waals surface area contributed by atoms with E-state index >= 15 is 0 Å². The normalized spacial score (nSPS) is 12.1. The number of carbonyl (C=O) groups is 1. The van der Waals surface area contributed by atoms with Gasteiger partial charge < -0.3 is 14.6 Å². The maximum atomic E-state index is 12.2. The van der Waals surface area contributed by atoms with Gasteiger partial charge in [-0.05, 0) is 38.2 Å². The van der Waals surface area contributed by atoms with Crippen molar-refractivity contribution in [2.75, 3.05) is 20.6 Å². The Hall–Kier alpha value is -1.59. The van der Waals surface area contributed by atoms with Crippen LogP contribution in [0, 0.1) is 0 Å². The molecule has 2 rings (SSSR count). The van der Waals surface area contributed by atoms with Gasteiger partial charge in [0.2, 0.25) is 0 Å². The average molecular weight is 318 g/mol. The van der Waals surface area contributed by atoms with E-state index in [0.29, 0.717) is 11.8 Å². The van der Waals surface area contributed by atoms with Crippen molar-refractivity contribution in [1.29, 1.82) is 0 Å². The van der Waals surface area contributed by atoms with Crippen molar-refractivity contribution in [3.05, 3.63) is 30.0 Å². The number of esters is 1. The minimum atomic E-state index is -1.46. The summed E-state index contributed by atoms with van der Waals surface area (Å²) in [4.78, 5) is 17.6. The fraction of sp³-hybridized carbons (Fsp3) is 0.471. The second kappa shape index (κ2) is 6.67. The molecule has 1 aromatic heterocycles. The molecular weight excluding hydrogens is 292 g/mol. The lowest BCUT2D eigenvalue weighted by Gasteiger charge is -2.15. The molecule has 0 unspecified atom stereocenters. The summed E-state index contributed by atoms with van der Waals surface area (Å²) in [5.74, 6) is 0.558. The van der Waals surface area contributed by atoms with Gasteiger partial charge >= 0.3 is 5.97 Å². The summed E-state index contributed by atoms with van der Waals surface area (Å²) in [6.45, 7) is 7.49. The molecule has 0 radical (unpaired) electrons. The number of nitrogens with zero attached hydrogens (tertiary/aromatic N) is 1. The van der Waals surface area contributed by atoms with Crippen molar-refractivity contribution < 1.29 is 9.53 Å². The number of hydrogen-bond acceptors (Lipinski definition) is 3. The molecule has 0 spiro atoms. The summed E-state index contributed by atoms with van der Waals surface area (Å²) < 4.78 is 5.67. The number of carbonyl (C=O) groups excluding carboxylic acids is 1. The highest BCUT2D eigenvalue weighted by atomic mass is 28.3. The largest absolute Gasteiger partial charge is 0.426 e. The lowest BCUT2D eigenvalue weighted by molar-refractivity contribution is -0.131. The first kappa shape index (κ1) is 16.8. The van der Waals surface area contributed by atoms with Crippen LogP contribution in [-0.4, -0.2) is 44.6 Å². The Labute approximate surface area is 133 Å². The Morgan fingerprint density at radius 1 is 1.27 bits per heavy atom. The second-order valence-corrected chi connectivity index (χ2v) is 12.7. The third kappa shape index (κ3) is 4.45. The highest BCUT2D eigenvalue weighted by molar-refractivity contribution is 6.78. The van der Waals surface area contributed by atoms with Gasteiger partial charge in [0.25, 0.3) is 0 Å². The fourth-order valence-electron chi connectivity index (χ4n) is 2.44. The minimum Gasteiger partial charge on any atom is -0.426 e. The Morgan fingerprint density at radius 3 is 2.64 bits per heavy atom. The monoisotopic (exact) mass is 318 g/mol. The Balaban J connectivity index is 2.25. The van der Waals surface area contributed by atoms with Crippen molar-refractivity contribution in [2.24, 2.45) is 0 Å². The molecule has 0 aliphatic carbocycles. The number of H-pyrrole nitrogens is 1. The SMILES string of the molecule is CN(C)CCc1c[nH]c2cccc(OC(=O)C[Si](C)(C)C)c12. The van der Waals surface area contributed by atoms with Gasteiger partial charge in [-0.3, -0.25) is 4.79 Å². The van der Waals surface area contributed by atoms with Crippen LogP contribution >= 0.6 is 0 Å². The zero-order valence-corrected chi connectivity index (χ0v) is 15.2. The molecule has 0 saturated carbocycles. The first-order valence-electron chi connectivity index (χ1n) is 7.71. The van der Waals surface area contributed by atoms with E-state index in [0.717, 1.165) is 23.9 Å².